The normalized spacial score (nSPS) is 15.7. The highest BCUT2D eigenvalue weighted by atomic mass is 16.2. The predicted octanol–water partition coefficient (Wildman–Crippen LogP) is 2.78. The molecule has 0 bridgehead atoms. The third-order valence-corrected chi connectivity index (χ3v) is 5.29. The summed E-state index contributed by atoms with van der Waals surface area (Å²) in [7, 11) is 0. The van der Waals surface area contributed by atoms with Crippen LogP contribution in [-0.4, -0.2) is 25.0 Å². The van der Waals surface area contributed by atoms with Gasteiger partial charge >= 0.3 is 0 Å². The van der Waals surface area contributed by atoms with Crippen molar-refractivity contribution in [1.82, 2.24) is 10.6 Å². The minimum Gasteiger partial charge on any atom is -0.339 e. The molecule has 2 N–H and O–H groups in total. The van der Waals surface area contributed by atoms with Crippen molar-refractivity contribution in [1.29, 1.82) is 10.5 Å². The first-order valence-corrected chi connectivity index (χ1v) is 9.11. The lowest BCUT2D eigenvalue weighted by molar-refractivity contribution is -0.134. The van der Waals surface area contributed by atoms with Crippen LogP contribution >= 0.6 is 0 Å². The first-order chi connectivity index (χ1) is 13.1. The summed E-state index contributed by atoms with van der Waals surface area (Å²) in [6, 6.07) is 19.1. The van der Waals surface area contributed by atoms with Gasteiger partial charge in [0.15, 0.2) is 0 Å². The molecule has 1 aliphatic rings. The van der Waals surface area contributed by atoms with Crippen molar-refractivity contribution >= 4 is 5.91 Å². The van der Waals surface area contributed by atoms with Gasteiger partial charge in [-0.1, -0.05) is 43.3 Å². The summed E-state index contributed by atoms with van der Waals surface area (Å²) in [5.74, 6) is -0.0375. The SMILES string of the molecule is CCC1(C(=O)N[C@H](C#N)Cc2ccc(-c3ccc(C#N)cc3)cc2)CNC1. The van der Waals surface area contributed by atoms with Crippen molar-refractivity contribution < 1.29 is 4.79 Å². The smallest absolute Gasteiger partial charge is 0.229 e. The van der Waals surface area contributed by atoms with E-state index in [0.717, 1.165) is 23.1 Å². The van der Waals surface area contributed by atoms with Crippen molar-refractivity contribution in [2.24, 2.45) is 5.41 Å². The van der Waals surface area contributed by atoms with Crippen LogP contribution in [0.5, 0.6) is 0 Å². The van der Waals surface area contributed by atoms with E-state index in [4.69, 9.17) is 5.26 Å². The summed E-state index contributed by atoms with van der Waals surface area (Å²) >= 11 is 0. The van der Waals surface area contributed by atoms with Gasteiger partial charge in [0.05, 0.1) is 23.1 Å². The van der Waals surface area contributed by atoms with Crippen LogP contribution in [0.3, 0.4) is 0 Å². The van der Waals surface area contributed by atoms with E-state index < -0.39 is 6.04 Å². The molecule has 0 saturated carbocycles. The molecule has 5 heteroatoms. The summed E-state index contributed by atoms with van der Waals surface area (Å²) < 4.78 is 0. The average molecular weight is 358 g/mol. The zero-order chi connectivity index (χ0) is 19.3. The second-order valence-corrected chi connectivity index (χ2v) is 6.98. The third-order valence-electron chi connectivity index (χ3n) is 5.29. The Hall–Kier alpha value is -3.15. The van der Waals surface area contributed by atoms with E-state index in [9.17, 15) is 10.1 Å². The number of rotatable bonds is 6. The van der Waals surface area contributed by atoms with Gasteiger partial charge in [0.1, 0.15) is 6.04 Å². The molecule has 1 amide bonds. The van der Waals surface area contributed by atoms with Crippen LogP contribution in [0.25, 0.3) is 11.1 Å². The summed E-state index contributed by atoms with van der Waals surface area (Å²) in [6.07, 6.45) is 1.24. The summed E-state index contributed by atoms with van der Waals surface area (Å²) in [4.78, 5) is 12.5. The van der Waals surface area contributed by atoms with Crippen molar-refractivity contribution in [2.45, 2.75) is 25.8 Å². The minimum absolute atomic E-state index is 0.0375. The number of nitrogens with one attached hydrogen (secondary N) is 2. The van der Waals surface area contributed by atoms with Gasteiger partial charge in [-0.05, 0) is 35.2 Å². The Kier molecular flexibility index (Phi) is 5.54. The van der Waals surface area contributed by atoms with Crippen molar-refractivity contribution in [3.63, 3.8) is 0 Å². The summed E-state index contributed by atoms with van der Waals surface area (Å²) in [6.45, 7) is 3.35. The maximum atomic E-state index is 12.5. The highest BCUT2D eigenvalue weighted by Gasteiger charge is 2.43. The van der Waals surface area contributed by atoms with E-state index >= 15 is 0 Å². The van der Waals surface area contributed by atoms with Crippen LogP contribution < -0.4 is 10.6 Å². The zero-order valence-corrected chi connectivity index (χ0v) is 15.3. The lowest BCUT2D eigenvalue weighted by Crippen LogP contribution is -2.62. The van der Waals surface area contributed by atoms with Crippen LogP contribution in [0.1, 0.15) is 24.5 Å². The molecule has 1 aliphatic heterocycles. The van der Waals surface area contributed by atoms with E-state index in [1.807, 2.05) is 43.3 Å². The van der Waals surface area contributed by atoms with Crippen molar-refractivity contribution in [3.8, 4) is 23.3 Å². The van der Waals surface area contributed by atoms with E-state index in [1.54, 1.807) is 12.1 Å². The number of nitriles is 2. The fourth-order valence-electron chi connectivity index (χ4n) is 3.24. The minimum atomic E-state index is -0.540. The number of nitrogens with zero attached hydrogens (tertiary/aromatic N) is 2. The average Bonchev–Trinajstić information content (AvgIpc) is 2.67. The van der Waals surface area contributed by atoms with Gasteiger partial charge in [-0.3, -0.25) is 4.79 Å². The topological polar surface area (TPSA) is 88.7 Å². The number of carbonyl (C=O) groups excluding carboxylic acids is 1. The molecule has 1 atom stereocenters. The Balaban J connectivity index is 1.65. The molecule has 5 nitrogen and oxygen atoms in total. The Morgan fingerprint density at radius 3 is 2.15 bits per heavy atom. The molecule has 2 aromatic rings. The van der Waals surface area contributed by atoms with Crippen LogP contribution in [0.15, 0.2) is 48.5 Å². The monoisotopic (exact) mass is 358 g/mol. The van der Waals surface area contributed by atoms with Crippen LogP contribution in [0.4, 0.5) is 0 Å². The quantitative estimate of drug-likeness (QED) is 0.831. The number of hydrogen-bond donors (Lipinski definition) is 2. The van der Waals surface area contributed by atoms with Gasteiger partial charge < -0.3 is 10.6 Å². The Labute approximate surface area is 159 Å². The van der Waals surface area contributed by atoms with Crippen LogP contribution in [0.2, 0.25) is 0 Å². The second-order valence-electron chi connectivity index (χ2n) is 6.98. The molecule has 0 unspecified atom stereocenters. The Morgan fingerprint density at radius 1 is 1.11 bits per heavy atom. The maximum Gasteiger partial charge on any atom is 0.229 e. The first kappa shape index (κ1) is 18.6. The first-order valence-electron chi connectivity index (χ1n) is 9.11. The molecule has 0 radical (unpaired) electrons. The predicted molar refractivity (Wildman–Crippen MR) is 103 cm³/mol. The van der Waals surface area contributed by atoms with Crippen molar-refractivity contribution in [2.75, 3.05) is 13.1 Å². The molecular weight excluding hydrogens is 336 g/mol. The molecule has 27 heavy (non-hydrogen) atoms. The molecule has 1 saturated heterocycles. The van der Waals surface area contributed by atoms with Gasteiger partial charge in [0, 0.05) is 19.5 Å². The van der Waals surface area contributed by atoms with E-state index in [-0.39, 0.29) is 11.3 Å². The molecule has 1 heterocycles. The van der Waals surface area contributed by atoms with Crippen molar-refractivity contribution in [3.05, 3.63) is 59.7 Å². The second kappa shape index (κ2) is 8.03. The van der Waals surface area contributed by atoms with Crippen LogP contribution in [-0.2, 0) is 11.2 Å². The Bertz CT molecular complexity index is 878. The molecule has 0 spiro atoms. The third kappa shape index (κ3) is 4.00. The van der Waals surface area contributed by atoms with Gasteiger partial charge in [-0.15, -0.1) is 0 Å². The number of amides is 1. The molecule has 0 aromatic heterocycles. The van der Waals surface area contributed by atoms with E-state index in [0.29, 0.717) is 25.1 Å². The summed E-state index contributed by atoms with van der Waals surface area (Å²) in [5, 5.41) is 24.4. The molecule has 136 valence electrons. The highest BCUT2D eigenvalue weighted by Crippen LogP contribution is 2.27. The van der Waals surface area contributed by atoms with E-state index in [2.05, 4.69) is 22.8 Å². The Morgan fingerprint density at radius 2 is 1.70 bits per heavy atom. The van der Waals surface area contributed by atoms with Gasteiger partial charge in [0.2, 0.25) is 5.91 Å². The van der Waals surface area contributed by atoms with E-state index in [1.165, 1.54) is 0 Å². The van der Waals surface area contributed by atoms with Gasteiger partial charge in [-0.2, -0.15) is 10.5 Å². The highest BCUT2D eigenvalue weighted by molar-refractivity contribution is 5.84. The largest absolute Gasteiger partial charge is 0.339 e. The molecular formula is C22H22N4O. The molecule has 3 rings (SSSR count). The lowest BCUT2D eigenvalue weighted by atomic mass is 9.78. The fourth-order valence-corrected chi connectivity index (χ4v) is 3.24. The zero-order valence-electron chi connectivity index (χ0n) is 15.3. The molecule has 0 aliphatic carbocycles. The maximum absolute atomic E-state index is 12.5. The van der Waals surface area contributed by atoms with Gasteiger partial charge in [0.25, 0.3) is 0 Å². The standard InChI is InChI=1S/C22H22N4O/c1-2-22(14-25-15-22)21(27)26-20(13-24)11-16-3-7-18(8-4-16)19-9-5-17(12-23)6-10-19/h3-10,20,25H,2,11,14-15H2,1H3,(H,26,27)/t20-/m0/s1. The summed E-state index contributed by atoms with van der Waals surface area (Å²) in [5.41, 5.74) is 3.35. The number of carbonyl (C=O) groups is 1. The van der Waals surface area contributed by atoms with Gasteiger partial charge in [-0.25, -0.2) is 0 Å². The molecule has 2 aromatic carbocycles. The number of benzene rings is 2. The van der Waals surface area contributed by atoms with Crippen LogP contribution in [0, 0.1) is 28.1 Å². The molecule has 1 fully saturated rings. The number of hydrogen-bond acceptors (Lipinski definition) is 4. The lowest BCUT2D eigenvalue weighted by Gasteiger charge is -2.40. The fraction of sp³-hybridized carbons (Fsp3) is 0.318.